The van der Waals surface area contributed by atoms with Crippen LogP contribution in [-0.4, -0.2) is 34.8 Å². The van der Waals surface area contributed by atoms with Gasteiger partial charge in [-0.05, 0) is 37.1 Å². The van der Waals surface area contributed by atoms with Crippen molar-refractivity contribution in [2.24, 2.45) is 0 Å². The third-order valence-electron chi connectivity index (χ3n) is 5.40. The van der Waals surface area contributed by atoms with E-state index in [0.29, 0.717) is 17.0 Å². The van der Waals surface area contributed by atoms with Crippen molar-refractivity contribution in [2.75, 3.05) is 18.1 Å². The lowest BCUT2D eigenvalue weighted by atomic mass is 10.1. The topological polar surface area (TPSA) is 75.3 Å². The molecule has 31 heavy (non-hydrogen) atoms. The SMILES string of the molecule is CCCc1nc(-c2ccc3c(c2)N(CC(=O)c2c[nH]c4ccccc24)C(=O)CO3)cs1. The van der Waals surface area contributed by atoms with Crippen LogP contribution in [0.4, 0.5) is 5.69 Å². The first-order valence-electron chi connectivity index (χ1n) is 10.3. The zero-order valence-electron chi connectivity index (χ0n) is 17.1. The highest BCUT2D eigenvalue weighted by Crippen LogP contribution is 2.36. The van der Waals surface area contributed by atoms with Gasteiger partial charge in [0, 0.05) is 33.6 Å². The number of carbonyl (C=O) groups is 2. The molecule has 7 heteroatoms. The first kappa shape index (κ1) is 19.5. The molecule has 1 aliphatic rings. The molecule has 2 aromatic heterocycles. The number of aromatic nitrogens is 2. The predicted octanol–water partition coefficient (Wildman–Crippen LogP) is 4.85. The number of carbonyl (C=O) groups excluding carboxylic acids is 2. The molecule has 156 valence electrons. The number of ether oxygens (including phenoxy) is 1. The summed E-state index contributed by atoms with van der Waals surface area (Å²) < 4.78 is 5.62. The highest BCUT2D eigenvalue weighted by Gasteiger charge is 2.29. The number of amides is 1. The number of benzene rings is 2. The first-order valence-corrected chi connectivity index (χ1v) is 11.1. The summed E-state index contributed by atoms with van der Waals surface area (Å²) in [7, 11) is 0. The van der Waals surface area contributed by atoms with Gasteiger partial charge in [-0.15, -0.1) is 11.3 Å². The number of nitrogens with one attached hydrogen (secondary N) is 1. The van der Waals surface area contributed by atoms with Gasteiger partial charge in [0.2, 0.25) is 0 Å². The van der Waals surface area contributed by atoms with Crippen molar-refractivity contribution in [3.05, 3.63) is 64.6 Å². The van der Waals surface area contributed by atoms with E-state index in [1.54, 1.807) is 17.5 Å². The quantitative estimate of drug-likeness (QED) is 0.443. The Labute approximate surface area is 183 Å². The third kappa shape index (κ3) is 3.61. The zero-order valence-corrected chi connectivity index (χ0v) is 17.9. The second-order valence-corrected chi connectivity index (χ2v) is 8.44. The van der Waals surface area contributed by atoms with E-state index in [0.717, 1.165) is 40.0 Å². The normalized spacial score (nSPS) is 13.3. The highest BCUT2D eigenvalue weighted by atomic mass is 32.1. The van der Waals surface area contributed by atoms with Gasteiger partial charge in [-0.25, -0.2) is 4.98 Å². The molecule has 0 saturated carbocycles. The molecule has 0 radical (unpaired) electrons. The van der Waals surface area contributed by atoms with Crippen LogP contribution >= 0.6 is 11.3 Å². The molecule has 3 heterocycles. The number of fused-ring (bicyclic) bond motifs is 2. The Kier molecular flexibility index (Phi) is 5.03. The van der Waals surface area contributed by atoms with E-state index in [-0.39, 0.29) is 24.8 Å². The standard InChI is InChI=1S/C24H21N3O3S/c1-2-5-23-26-19(14-31-23)15-8-9-22-20(10-15)27(24(29)13-30-22)12-21(28)17-11-25-18-7-4-3-6-16(17)18/h3-4,6-11,14,25H,2,5,12-13H2,1H3. The Morgan fingerprint density at radius 3 is 3.00 bits per heavy atom. The summed E-state index contributed by atoms with van der Waals surface area (Å²) in [6.45, 7) is 2.01. The maximum atomic E-state index is 13.1. The van der Waals surface area contributed by atoms with Gasteiger partial charge in [0.05, 0.1) is 22.9 Å². The molecule has 5 rings (SSSR count). The minimum atomic E-state index is -0.234. The molecule has 0 bridgehead atoms. The van der Waals surface area contributed by atoms with E-state index >= 15 is 0 Å². The van der Waals surface area contributed by atoms with Crippen LogP contribution < -0.4 is 9.64 Å². The molecule has 1 amide bonds. The van der Waals surface area contributed by atoms with Crippen LogP contribution in [0.3, 0.4) is 0 Å². The molecule has 1 N–H and O–H groups in total. The maximum absolute atomic E-state index is 13.1. The van der Waals surface area contributed by atoms with Gasteiger partial charge in [-0.2, -0.15) is 0 Å². The second-order valence-electron chi connectivity index (χ2n) is 7.50. The van der Waals surface area contributed by atoms with Crippen molar-refractivity contribution in [2.45, 2.75) is 19.8 Å². The number of aryl methyl sites for hydroxylation is 1. The van der Waals surface area contributed by atoms with Crippen molar-refractivity contribution in [1.82, 2.24) is 9.97 Å². The molecule has 1 aliphatic heterocycles. The highest BCUT2D eigenvalue weighted by molar-refractivity contribution is 7.09. The summed E-state index contributed by atoms with van der Waals surface area (Å²) in [6, 6.07) is 13.3. The lowest BCUT2D eigenvalue weighted by molar-refractivity contribution is -0.121. The largest absolute Gasteiger partial charge is 0.482 e. The third-order valence-corrected chi connectivity index (χ3v) is 6.31. The number of ketones is 1. The summed E-state index contributed by atoms with van der Waals surface area (Å²) in [5.74, 6) is 0.241. The average molecular weight is 432 g/mol. The molecular weight excluding hydrogens is 410 g/mol. The Morgan fingerprint density at radius 2 is 2.13 bits per heavy atom. The number of Topliss-reactive ketones (excluding diaryl/α,β-unsaturated/α-hetero) is 1. The summed E-state index contributed by atoms with van der Waals surface area (Å²) in [5, 5.41) is 3.97. The summed E-state index contributed by atoms with van der Waals surface area (Å²) in [4.78, 5) is 35.1. The number of nitrogens with zero attached hydrogens (tertiary/aromatic N) is 2. The Hall–Kier alpha value is -3.45. The number of para-hydroxylation sites is 1. The van der Waals surface area contributed by atoms with E-state index in [4.69, 9.17) is 9.72 Å². The molecule has 6 nitrogen and oxygen atoms in total. The Morgan fingerprint density at radius 1 is 1.26 bits per heavy atom. The lowest BCUT2D eigenvalue weighted by Crippen LogP contribution is -2.42. The molecule has 2 aromatic carbocycles. The number of anilines is 1. The Bertz CT molecular complexity index is 1290. The van der Waals surface area contributed by atoms with E-state index < -0.39 is 0 Å². The van der Waals surface area contributed by atoms with Crippen LogP contribution in [0.1, 0.15) is 28.7 Å². The van der Waals surface area contributed by atoms with Gasteiger partial charge in [-0.3, -0.25) is 14.5 Å². The molecule has 0 unspecified atom stereocenters. The minimum Gasteiger partial charge on any atom is -0.482 e. The minimum absolute atomic E-state index is 0.0430. The van der Waals surface area contributed by atoms with Crippen molar-refractivity contribution in [3.63, 3.8) is 0 Å². The van der Waals surface area contributed by atoms with Gasteiger partial charge in [0.1, 0.15) is 5.75 Å². The smallest absolute Gasteiger partial charge is 0.265 e. The molecule has 4 aromatic rings. The van der Waals surface area contributed by atoms with Crippen molar-refractivity contribution >= 4 is 39.6 Å². The molecule has 0 saturated heterocycles. The summed E-state index contributed by atoms with van der Waals surface area (Å²) >= 11 is 1.64. The fraction of sp³-hybridized carbons (Fsp3) is 0.208. The van der Waals surface area contributed by atoms with Crippen LogP contribution in [0.15, 0.2) is 54.0 Å². The molecule has 0 fully saturated rings. The van der Waals surface area contributed by atoms with Crippen LogP contribution in [0.2, 0.25) is 0 Å². The van der Waals surface area contributed by atoms with Crippen LogP contribution in [0.5, 0.6) is 5.75 Å². The predicted molar refractivity (Wildman–Crippen MR) is 122 cm³/mol. The molecule has 0 atom stereocenters. The van der Waals surface area contributed by atoms with E-state index in [2.05, 4.69) is 11.9 Å². The fourth-order valence-corrected chi connectivity index (χ4v) is 4.75. The molecular formula is C24H21N3O3S. The van der Waals surface area contributed by atoms with Crippen molar-refractivity contribution < 1.29 is 14.3 Å². The first-order chi connectivity index (χ1) is 15.1. The van der Waals surface area contributed by atoms with Gasteiger partial charge in [0.15, 0.2) is 12.4 Å². The maximum Gasteiger partial charge on any atom is 0.265 e. The average Bonchev–Trinajstić information content (AvgIpc) is 3.43. The summed E-state index contributed by atoms with van der Waals surface area (Å²) in [6.07, 6.45) is 3.70. The molecule has 0 aliphatic carbocycles. The number of H-pyrrole nitrogens is 1. The monoisotopic (exact) mass is 431 g/mol. The van der Waals surface area contributed by atoms with Crippen LogP contribution in [0, 0.1) is 0 Å². The Balaban J connectivity index is 1.47. The van der Waals surface area contributed by atoms with E-state index in [9.17, 15) is 9.59 Å². The summed E-state index contributed by atoms with van der Waals surface area (Å²) in [5.41, 5.74) is 3.86. The van der Waals surface area contributed by atoms with Gasteiger partial charge < -0.3 is 9.72 Å². The second kappa shape index (κ2) is 8.00. The number of hydrogen-bond acceptors (Lipinski definition) is 5. The number of aromatic amines is 1. The molecule has 0 spiro atoms. The van der Waals surface area contributed by atoms with Gasteiger partial charge in [-0.1, -0.05) is 25.1 Å². The number of hydrogen-bond donors (Lipinski definition) is 1. The van der Waals surface area contributed by atoms with Gasteiger partial charge in [0.25, 0.3) is 5.91 Å². The zero-order chi connectivity index (χ0) is 21.4. The number of thiazole rings is 1. The fourth-order valence-electron chi connectivity index (χ4n) is 3.84. The number of rotatable bonds is 6. The van der Waals surface area contributed by atoms with Crippen molar-refractivity contribution in [1.29, 1.82) is 0 Å². The van der Waals surface area contributed by atoms with Crippen molar-refractivity contribution in [3.8, 4) is 17.0 Å². The lowest BCUT2D eigenvalue weighted by Gasteiger charge is -2.29. The van der Waals surface area contributed by atoms with E-state index in [1.165, 1.54) is 4.90 Å². The van der Waals surface area contributed by atoms with E-state index in [1.807, 2.05) is 47.8 Å². The van der Waals surface area contributed by atoms with Gasteiger partial charge >= 0.3 is 0 Å². The van der Waals surface area contributed by atoms with Crippen LogP contribution in [0.25, 0.3) is 22.2 Å². The van der Waals surface area contributed by atoms with Crippen LogP contribution in [-0.2, 0) is 11.2 Å².